The normalized spacial score (nSPS) is 19.4. The number of nitrogens with zero attached hydrogens (tertiary/aromatic N) is 4. The Labute approximate surface area is 194 Å². The molecule has 0 saturated carbocycles. The lowest BCUT2D eigenvalue weighted by Crippen LogP contribution is -2.56. The van der Waals surface area contributed by atoms with Gasteiger partial charge in [-0.15, -0.1) is 0 Å². The van der Waals surface area contributed by atoms with E-state index in [2.05, 4.69) is 55.3 Å². The van der Waals surface area contributed by atoms with Gasteiger partial charge in [-0.25, -0.2) is 14.8 Å². The van der Waals surface area contributed by atoms with Gasteiger partial charge < -0.3 is 4.90 Å². The predicted octanol–water partition coefficient (Wildman–Crippen LogP) is 2.58. The first-order valence-corrected chi connectivity index (χ1v) is 11.5. The minimum absolute atomic E-state index is 0.196. The average Bonchev–Trinajstić information content (AvgIpc) is 3.10. The quantitative estimate of drug-likeness (QED) is 0.702. The van der Waals surface area contributed by atoms with Gasteiger partial charge in [0.05, 0.1) is 13.1 Å². The van der Waals surface area contributed by atoms with Crippen LogP contribution in [-0.4, -0.2) is 65.5 Å². The zero-order valence-electron chi connectivity index (χ0n) is 17.6. The fourth-order valence-electron chi connectivity index (χ4n) is 4.53. The maximum atomic E-state index is 12.8. The van der Waals surface area contributed by atoms with Gasteiger partial charge in [0.1, 0.15) is 0 Å². The van der Waals surface area contributed by atoms with Crippen LogP contribution in [-0.2, 0) is 17.9 Å². The molecule has 0 unspecified atom stereocenters. The summed E-state index contributed by atoms with van der Waals surface area (Å²) < 4.78 is 1.09. The van der Waals surface area contributed by atoms with Gasteiger partial charge in [-0.05, 0) is 35.4 Å². The Balaban J connectivity index is 1.21. The number of amides is 4. The van der Waals surface area contributed by atoms with Crippen LogP contribution in [0.25, 0.3) is 0 Å². The van der Waals surface area contributed by atoms with E-state index in [0.29, 0.717) is 12.1 Å². The molecule has 0 bridgehead atoms. The first-order chi connectivity index (χ1) is 15.5. The largest absolute Gasteiger partial charge is 0.369 e. The number of carbonyl (C=O) groups excluding carboxylic acids is 3. The molecular weight excluding hydrogens is 474 g/mol. The summed E-state index contributed by atoms with van der Waals surface area (Å²) in [6, 6.07) is 13.8. The smallest absolute Gasteiger partial charge is 0.342 e. The van der Waals surface area contributed by atoms with E-state index in [4.69, 9.17) is 0 Å². The molecule has 0 atom stereocenters. The first kappa shape index (κ1) is 21.0. The molecule has 1 N–H and O–H groups in total. The van der Waals surface area contributed by atoms with E-state index in [1.54, 1.807) is 0 Å². The third kappa shape index (κ3) is 4.10. The summed E-state index contributed by atoms with van der Waals surface area (Å²) in [7, 11) is 0. The number of benzene rings is 2. The number of hydrazine groups is 1. The number of anilines is 1. The van der Waals surface area contributed by atoms with Crippen molar-refractivity contribution in [2.45, 2.75) is 19.5 Å². The Morgan fingerprint density at radius 3 is 2.47 bits per heavy atom. The van der Waals surface area contributed by atoms with Crippen LogP contribution in [0.3, 0.4) is 0 Å². The van der Waals surface area contributed by atoms with Gasteiger partial charge in [-0.2, -0.15) is 0 Å². The molecule has 2 aromatic rings. The second-order valence-electron chi connectivity index (χ2n) is 8.32. The fourth-order valence-corrected chi connectivity index (χ4v) is 4.92. The van der Waals surface area contributed by atoms with Crippen LogP contribution in [0.1, 0.15) is 27.9 Å². The lowest BCUT2D eigenvalue weighted by Gasteiger charge is -2.36. The van der Waals surface area contributed by atoms with Gasteiger partial charge in [0, 0.05) is 54.9 Å². The highest BCUT2D eigenvalue weighted by Crippen LogP contribution is 2.27. The molecule has 5 rings (SSSR count). The van der Waals surface area contributed by atoms with E-state index >= 15 is 0 Å². The van der Waals surface area contributed by atoms with Crippen LogP contribution < -0.4 is 10.2 Å². The van der Waals surface area contributed by atoms with Crippen molar-refractivity contribution in [1.82, 2.24) is 20.2 Å². The summed E-state index contributed by atoms with van der Waals surface area (Å²) in [5.74, 6) is -0.503. The monoisotopic (exact) mass is 497 g/mol. The molecule has 2 aromatic carbocycles. The van der Waals surface area contributed by atoms with Crippen LogP contribution in [0.15, 0.2) is 46.9 Å². The number of fused-ring (bicyclic) bond motifs is 1. The highest BCUT2D eigenvalue weighted by Gasteiger charge is 2.36. The molecule has 2 saturated heterocycles. The van der Waals surface area contributed by atoms with Crippen LogP contribution in [0.4, 0.5) is 10.5 Å². The van der Waals surface area contributed by atoms with Crippen molar-refractivity contribution in [1.29, 1.82) is 0 Å². The van der Waals surface area contributed by atoms with E-state index in [1.165, 1.54) is 15.7 Å². The number of hydrogen-bond donors (Lipinski definition) is 1. The van der Waals surface area contributed by atoms with Crippen molar-refractivity contribution >= 4 is 39.5 Å². The SMILES string of the molecule is O=C1CCN(N2Cc3cc(CN4CCN(c5cccc(Br)c5)CC4)ccc3C2=O)C(=O)N1. The topological polar surface area (TPSA) is 76.2 Å². The molecule has 32 heavy (non-hydrogen) atoms. The molecule has 0 radical (unpaired) electrons. The maximum absolute atomic E-state index is 12.8. The summed E-state index contributed by atoms with van der Waals surface area (Å²) >= 11 is 3.54. The van der Waals surface area contributed by atoms with Crippen molar-refractivity contribution in [2.75, 3.05) is 37.6 Å². The summed E-state index contributed by atoms with van der Waals surface area (Å²) in [4.78, 5) is 41.2. The van der Waals surface area contributed by atoms with Crippen LogP contribution in [0.2, 0.25) is 0 Å². The van der Waals surface area contributed by atoms with Crippen LogP contribution in [0.5, 0.6) is 0 Å². The molecule has 166 valence electrons. The van der Waals surface area contributed by atoms with Gasteiger partial charge in [-0.3, -0.25) is 19.8 Å². The first-order valence-electron chi connectivity index (χ1n) is 10.8. The second kappa shape index (κ2) is 8.55. The van der Waals surface area contributed by atoms with E-state index in [0.717, 1.165) is 48.3 Å². The van der Waals surface area contributed by atoms with Crippen LogP contribution in [0, 0.1) is 0 Å². The van der Waals surface area contributed by atoms with E-state index in [9.17, 15) is 14.4 Å². The standard InChI is InChI=1S/C23H24BrN5O3/c24-18-2-1-3-19(13-18)27-10-8-26(9-11-27)14-16-4-5-20-17(12-16)15-29(22(20)31)28-7-6-21(30)25-23(28)32/h1-5,12-13H,6-11,14-15H2,(H,25,30,32). The molecular formula is C23H24BrN5O3. The Morgan fingerprint density at radius 2 is 1.72 bits per heavy atom. The molecule has 2 fully saturated rings. The molecule has 3 aliphatic rings. The summed E-state index contributed by atoms with van der Waals surface area (Å²) in [6.45, 7) is 5.27. The fraction of sp³-hybridized carbons (Fsp3) is 0.348. The Bertz CT molecular complexity index is 1080. The minimum Gasteiger partial charge on any atom is -0.369 e. The lowest BCUT2D eigenvalue weighted by molar-refractivity contribution is -0.123. The average molecular weight is 498 g/mol. The number of urea groups is 1. The zero-order valence-corrected chi connectivity index (χ0v) is 19.2. The summed E-state index contributed by atoms with van der Waals surface area (Å²) in [6.07, 6.45) is 0.197. The van der Waals surface area contributed by atoms with Crippen LogP contribution >= 0.6 is 15.9 Å². The zero-order chi connectivity index (χ0) is 22.2. The molecule has 3 heterocycles. The predicted molar refractivity (Wildman–Crippen MR) is 123 cm³/mol. The molecule has 0 aliphatic carbocycles. The second-order valence-corrected chi connectivity index (χ2v) is 9.24. The van der Waals surface area contributed by atoms with Gasteiger partial charge in [0.2, 0.25) is 5.91 Å². The highest BCUT2D eigenvalue weighted by molar-refractivity contribution is 9.10. The number of hydrogen-bond acceptors (Lipinski definition) is 5. The van der Waals surface area contributed by atoms with Gasteiger partial charge >= 0.3 is 6.03 Å². The van der Waals surface area contributed by atoms with Crippen molar-refractivity contribution < 1.29 is 14.4 Å². The number of piperazine rings is 1. The van der Waals surface area contributed by atoms with E-state index in [1.807, 2.05) is 18.2 Å². The number of carbonyl (C=O) groups is 3. The number of rotatable bonds is 4. The van der Waals surface area contributed by atoms with Gasteiger partial charge in [0.15, 0.2) is 0 Å². The van der Waals surface area contributed by atoms with Gasteiger partial charge in [0.25, 0.3) is 5.91 Å². The Kier molecular flexibility index (Phi) is 5.60. The Morgan fingerprint density at radius 1 is 0.906 bits per heavy atom. The Hall–Kier alpha value is -2.91. The molecule has 0 aromatic heterocycles. The number of halogens is 1. The third-order valence-corrected chi connectivity index (χ3v) is 6.72. The van der Waals surface area contributed by atoms with E-state index in [-0.39, 0.29) is 24.8 Å². The number of imide groups is 1. The minimum atomic E-state index is -0.536. The molecule has 3 aliphatic heterocycles. The molecule has 0 spiro atoms. The van der Waals surface area contributed by atoms with E-state index < -0.39 is 6.03 Å². The van der Waals surface area contributed by atoms with Crippen molar-refractivity contribution in [3.05, 3.63) is 63.6 Å². The van der Waals surface area contributed by atoms with Crippen molar-refractivity contribution in [3.63, 3.8) is 0 Å². The summed E-state index contributed by atoms with van der Waals surface area (Å²) in [5.41, 5.74) is 3.94. The molecule has 8 nitrogen and oxygen atoms in total. The van der Waals surface area contributed by atoms with Crippen molar-refractivity contribution in [2.24, 2.45) is 0 Å². The molecule has 4 amide bonds. The lowest BCUT2D eigenvalue weighted by atomic mass is 10.1. The van der Waals surface area contributed by atoms with Gasteiger partial charge in [-0.1, -0.05) is 34.1 Å². The number of nitrogens with one attached hydrogen (secondary N) is 1. The molecule has 9 heteroatoms. The maximum Gasteiger partial charge on any atom is 0.342 e. The summed E-state index contributed by atoms with van der Waals surface area (Å²) in [5, 5.41) is 5.05. The third-order valence-electron chi connectivity index (χ3n) is 6.23. The van der Waals surface area contributed by atoms with Crippen molar-refractivity contribution in [3.8, 4) is 0 Å². The highest BCUT2D eigenvalue weighted by atomic mass is 79.9.